The van der Waals surface area contributed by atoms with Gasteiger partial charge in [-0.25, -0.2) is 0 Å². The third-order valence-corrected chi connectivity index (χ3v) is 1.38. The molecule has 7 heavy (non-hydrogen) atoms. The Balaban J connectivity index is 3.52. The van der Waals surface area contributed by atoms with Crippen LogP contribution in [0, 0.1) is 11.8 Å². The Morgan fingerprint density at radius 3 is 2.43 bits per heavy atom. The zero-order valence-electron chi connectivity index (χ0n) is 4.32. The Labute approximate surface area is 54.5 Å². The van der Waals surface area contributed by atoms with E-state index in [1.807, 2.05) is 0 Å². The summed E-state index contributed by atoms with van der Waals surface area (Å²) in [4.78, 5) is 0. The van der Waals surface area contributed by atoms with E-state index in [0.717, 1.165) is 4.08 Å². The van der Waals surface area contributed by atoms with E-state index in [-0.39, 0.29) is 0 Å². The minimum atomic E-state index is 0.850. The van der Waals surface area contributed by atoms with Gasteiger partial charge >= 0.3 is 54.0 Å². The second-order valence-corrected chi connectivity index (χ2v) is 2.20. The Morgan fingerprint density at radius 1 is 1.71 bits per heavy atom. The molecule has 0 aliphatic rings. The molecule has 0 aromatic rings. The fraction of sp³-hybridized carbons (Fsp3) is 0.400. The van der Waals surface area contributed by atoms with Crippen molar-refractivity contribution in [1.29, 1.82) is 0 Å². The van der Waals surface area contributed by atoms with Gasteiger partial charge in [0.25, 0.3) is 0 Å². The number of ether oxygens (including phenoxy) is 1. The average Bonchev–Trinajstić information content (AvgIpc) is 1.68. The van der Waals surface area contributed by atoms with E-state index in [4.69, 9.17) is 4.74 Å². The van der Waals surface area contributed by atoms with E-state index in [1.54, 1.807) is 14.0 Å². The third kappa shape index (κ3) is 3.92. The first-order valence-corrected chi connectivity index (χ1v) is 3.28. The van der Waals surface area contributed by atoms with Crippen LogP contribution >= 0.6 is 0 Å². The second kappa shape index (κ2) is 4.24. The fourth-order valence-electron chi connectivity index (χ4n) is 0.153. The zero-order chi connectivity index (χ0) is 5.70. The summed E-state index contributed by atoms with van der Waals surface area (Å²) < 4.78 is 5.62. The van der Waals surface area contributed by atoms with Crippen molar-refractivity contribution in [2.24, 2.45) is 0 Å². The topological polar surface area (TPSA) is 9.23 Å². The van der Waals surface area contributed by atoms with Gasteiger partial charge in [0.1, 0.15) is 0 Å². The fourth-order valence-corrected chi connectivity index (χ4v) is 0.520. The predicted octanol–water partition coefficient (Wildman–Crippen LogP) is 0.333. The molecule has 0 unspecified atom stereocenters. The first-order chi connectivity index (χ1) is 3.31. The van der Waals surface area contributed by atoms with Crippen LogP contribution in [0.5, 0.6) is 0 Å². The molecule has 0 fully saturated rings. The normalized spacial score (nSPS) is 6.57. The van der Waals surface area contributed by atoms with Crippen LogP contribution in [0.25, 0.3) is 0 Å². The molecule has 0 aliphatic carbocycles. The maximum atomic E-state index is 4.77. The van der Waals surface area contributed by atoms with Crippen LogP contribution in [0.2, 0.25) is 0 Å². The van der Waals surface area contributed by atoms with Crippen molar-refractivity contribution in [1.82, 2.24) is 0 Å². The van der Waals surface area contributed by atoms with Gasteiger partial charge in [0, 0.05) is 0 Å². The van der Waals surface area contributed by atoms with Gasteiger partial charge in [-0.05, 0) is 0 Å². The summed E-state index contributed by atoms with van der Waals surface area (Å²) in [5.74, 6) is 5.50. The zero-order valence-corrected chi connectivity index (χ0v) is 7.25. The van der Waals surface area contributed by atoms with Crippen molar-refractivity contribution in [2.45, 2.75) is 6.92 Å². The summed E-state index contributed by atoms with van der Waals surface area (Å²) in [7, 11) is 1.63. The van der Waals surface area contributed by atoms with Crippen LogP contribution in [0.4, 0.5) is 0 Å². The average molecular weight is 266 g/mol. The molecule has 1 nitrogen and oxygen atoms in total. The van der Waals surface area contributed by atoms with E-state index in [0.29, 0.717) is 0 Å². The van der Waals surface area contributed by atoms with Gasteiger partial charge in [0.2, 0.25) is 0 Å². The number of hydrogen-bond donors (Lipinski definition) is 0. The van der Waals surface area contributed by atoms with Gasteiger partial charge in [-0.15, -0.1) is 0 Å². The van der Waals surface area contributed by atoms with Crippen molar-refractivity contribution >= 4 is 4.08 Å². The molecule has 0 aromatic heterocycles. The standard InChI is InChI=1S/C5H6O.W/c1-3-4-5-6-2;/h1-2H3;. The predicted molar refractivity (Wildman–Crippen MR) is 25.5 cm³/mol. The molecule has 38 valence electrons. The van der Waals surface area contributed by atoms with Gasteiger partial charge in [-0.1, -0.05) is 0 Å². The van der Waals surface area contributed by atoms with Gasteiger partial charge in [-0.2, -0.15) is 0 Å². The minimum absolute atomic E-state index is 0.850. The SMILES string of the molecule is CC#C[C](=[W])OC. The number of rotatable bonds is 1. The Morgan fingerprint density at radius 2 is 2.29 bits per heavy atom. The van der Waals surface area contributed by atoms with Crippen molar-refractivity contribution < 1.29 is 24.1 Å². The molecule has 0 rings (SSSR count). The van der Waals surface area contributed by atoms with Crippen molar-refractivity contribution in [2.75, 3.05) is 7.11 Å². The van der Waals surface area contributed by atoms with Crippen molar-refractivity contribution in [3.05, 3.63) is 0 Å². The van der Waals surface area contributed by atoms with Crippen LogP contribution in [-0.4, -0.2) is 11.2 Å². The van der Waals surface area contributed by atoms with Gasteiger partial charge in [0.15, 0.2) is 0 Å². The maximum absolute atomic E-state index is 4.77. The quantitative estimate of drug-likeness (QED) is 0.621. The molecule has 0 bridgehead atoms. The molecular formula is C5H6OW. The van der Waals surface area contributed by atoms with Crippen LogP contribution in [0.1, 0.15) is 6.92 Å². The van der Waals surface area contributed by atoms with E-state index >= 15 is 0 Å². The molecule has 0 radical (unpaired) electrons. The van der Waals surface area contributed by atoms with E-state index in [1.165, 1.54) is 19.4 Å². The van der Waals surface area contributed by atoms with Crippen molar-refractivity contribution in [3.63, 3.8) is 0 Å². The molecule has 0 spiro atoms. The van der Waals surface area contributed by atoms with E-state index in [9.17, 15) is 0 Å². The van der Waals surface area contributed by atoms with Crippen LogP contribution in [-0.2, 0) is 24.1 Å². The van der Waals surface area contributed by atoms with Crippen LogP contribution < -0.4 is 0 Å². The Bertz CT molecular complexity index is 118. The van der Waals surface area contributed by atoms with Gasteiger partial charge in [0.05, 0.1) is 0 Å². The third-order valence-electron chi connectivity index (χ3n) is 0.412. The number of hydrogen-bond acceptors (Lipinski definition) is 1. The van der Waals surface area contributed by atoms with E-state index < -0.39 is 0 Å². The molecule has 0 aliphatic heterocycles. The molecular weight excluding hydrogens is 260 g/mol. The molecule has 2 heteroatoms. The summed E-state index contributed by atoms with van der Waals surface area (Å²) in [5.41, 5.74) is 0. The van der Waals surface area contributed by atoms with Crippen LogP contribution in [0.15, 0.2) is 0 Å². The summed E-state index contributed by atoms with van der Waals surface area (Å²) in [6.07, 6.45) is 0. The second-order valence-electron chi connectivity index (χ2n) is 0.867. The summed E-state index contributed by atoms with van der Waals surface area (Å²) >= 11 is 1.28. The molecule has 0 N–H and O–H groups in total. The molecule has 0 saturated carbocycles. The van der Waals surface area contributed by atoms with Gasteiger partial charge in [-0.3, -0.25) is 0 Å². The van der Waals surface area contributed by atoms with Crippen molar-refractivity contribution in [3.8, 4) is 11.8 Å². The molecule has 0 atom stereocenters. The Kier molecular flexibility index (Phi) is 4.29. The molecule has 0 heterocycles. The van der Waals surface area contributed by atoms with Gasteiger partial charge < -0.3 is 0 Å². The number of methoxy groups -OCH3 is 1. The molecule has 0 saturated heterocycles. The first-order valence-electron chi connectivity index (χ1n) is 1.82. The summed E-state index contributed by atoms with van der Waals surface area (Å²) in [6, 6.07) is 0. The molecule has 0 aromatic carbocycles. The monoisotopic (exact) mass is 266 g/mol. The first kappa shape index (κ1) is 7.08. The molecule has 0 amide bonds. The summed E-state index contributed by atoms with van der Waals surface area (Å²) in [5, 5.41) is 0. The Hall–Kier alpha value is 0.0783. The van der Waals surface area contributed by atoms with Crippen LogP contribution in [0.3, 0.4) is 0 Å². The van der Waals surface area contributed by atoms with E-state index in [2.05, 4.69) is 11.8 Å². The summed E-state index contributed by atoms with van der Waals surface area (Å²) in [6.45, 7) is 1.79.